The van der Waals surface area contributed by atoms with Gasteiger partial charge in [0.15, 0.2) is 0 Å². The summed E-state index contributed by atoms with van der Waals surface area (Å²) in [5, 5.41) is 10.3. The summed E-state index contributed by atoms with van der Waals surface area (Å²) < 4.78 is 0. The molecule has 0 aromatic heterocycles. The molecule has 0 fully saturated rings. The Labute approximate surface area is 163 Å². The number of aliphatic hydroxyl groups excluding tert-OH is 1. The van der Waals surface area contributed by atoms with Gasteiger partial charge in [-0.05, 0) is 50.8 Å². The number of rotatable bonds is 4. The molecule has 0 aromatic rings. The first-order chi connectivity index (χ1) is 13.0. The molecular weight excluding hydrogens is 334 g/mol. The van der Waals surface area contributed by atoms with Crippen molar-refractivity contribution in [2.24, 2.45) is 21.8 Å². The van der Waals surface area contributed by atoms with E-state index in [9.17, 15) is 5.11 Å². The Bertz CT molecular complexity index is 779. The third-order valence-electron chi connectivity index (χ3n) is 5.43. The lowest BCUT2D eigenvalue weighted by Crippen LogP contribution is -2.34. The molecule has 144 valence electrons. The van der Waals surface area contributed by atoms with Crippen LogP contribution < -0.4 is 0 Å². The van der Waals surface area contributed by atoms with Crippen LogP contribution in [0.15, 0.2) is 69.4 Å². The van der Waals surface area contributed by atoms with E-state index >= 15 is 0 Å². The summed E-state index contributed by atoms with van der Waals surface area (Å²) in [6.07, 6.45) is 16.5. The molecule has 3 unspecified atom stereocenters. The summed E-state index contributed by atoms with van der Waals surface area (Å²) in [7, 11) is 0. The maximum Gasteiger partial charge on any atom is 0.148 e. The number of aliphatic imine (C=N–C) groups is 2. The summed E-state index contributed by atoms with van der Waals surface area (Å²) in [6, 6.07) is 0. The minimum atomic E-state index is -0.523. The summed E-state index contributed by atoms with van der Waals surface area (Å²) in [4.78, 5) is 11.8. The SMILES string of the molecule is CC/C1=N/C(C2C=CC(C)=CC2)=N\CC(C2=CN(CC)C(O)C(C)=C2)C=C1. The van der Waals surface area contributed by atoms with Gasteiger partial charge in [-0.3, -0.25) is 4.99 Å². The minimum absolute atomic E-state index is 0.193. The first-order valence-electron chi connectivity index (χ1n) is 10.0. The second kappa shape index (κ2) is 8.66. The Hall–Kier alpha value is -2.20. The Balaban J connectivity index is 1.89. The van der Waals surface area contributed by atoms with Crippen molar-refractivity contribution in [3.05, 3.63) is 59.4 Å². The molecule has 3 atom stereocenters. The van der Waals surface area contributed by atoms with Crippen molar-refractivity contribution < 1.29 is 5.11 Å². The molecule has 0 radical (unpaired) electrons. The summed E-state index contributed by atoms with van der Waals surface area (Å²) in [5.41, 5.74) is 4.56. The van der Waals surface area contributed by atoms with Crippen molar-refractivity contribution in [1.29, 1.82) is 0 Å². The smallest absolute Gasteiger partial charge is 0.148 e. The van der Waals surface area contributed by atoms with E-state index in [4.69, 9.17) is 9.98 Å². The van der Waals surface area contributed by atoms with Crippen molar-refractivity contribution in [3.63, 3.8) is 0 Å². The van der Waals surface area contributed by atoms with E-state index in [-0.39, 0.29) is 11.8 Å². The number of amidine groups is 1. The molecule has 4 nitrogen and oxygen atoms in total. The van der Waals surface area contributed by atoms with Crippen LogP contribution in [0.25, 0.3) is 0 Å². The third kappa shape index (κ3) is 4.56. The molecular formula is C23H31N3O. The molecule has 4 heteroatoms. The van der Waals surface area contributed by atoms with Gasteiger partial charge in [0.05, 0.1) is 6.54 Å². The molecule has 27 heavy (non-hydrogen) atoms. The largest absolute Gasteiger partial charge is 0.370 e. The van der Waals surface area contributed by atoms with Gasteiger partial charge in [0, 0.05) is 30.3 Å². The lowest BCUT2D eigenvalue weighted by molar-refractivity contribution is 0.0695. The number of likely N-dealkylation sites (N-methyl/N-ethyl adjacent to an activating group) is 1. The van der Waals surface area contributed by atoms with Crippen molar-refractivity contribution in [1.82, 2.24) is 4.90 Å². The van der Waals surface area contributed by atoms with Gasteiger partial charge < -0.3 is 10.0 Å². The Morgan fingerprint density at radius 2 is 1.93 bits per heavy atom. The molecule has 0 bridgehead atoms. The van der Waals surface area contributed by atoms with Crippen molar-refractivity contribution in [3.8, 4) is 0 Å². The maximum absolute atomic E-state index is 10.3. The minimum Gasteiger partial charge on any atom is -0.370 e. The van der Waals surface area contributed by atoms with E-state index < -0.39 is 6.23 Å². The van der Waals surface area contributed by atoms with Gasteiger partial charge in [-0.1, -0.05) is 42.9 Å². The number of hydrogen-bond donors (Lipinski definition) is 1. The number of nitrogens with zero attached hydrogens (tertiary/aromatic N) is 3. The van der Waals surface area contributed by atoms with Crippen LogP contribution in [0.3, 0.4) is 0 Å². The zero-order valence-corrected chi connectivity index (χ0v) is 16.9. The van der Waals surface area contributed by atoms with Crippen molar-refractivity contribution >= 4 is 11.5 Å². The molecule has 1 aliphatic carbocycles. The molecule has 1 N–H and O–H groups in total. The number of aliphatic hydroxyl groups is 1. The van der Waals surface area contributed by atoms with Crippen LogP contribution >= 0.6 is 0 Å². The van der Waals surface area contributed by atoms with Crippen LogP contribution in [0.4, 0.5) is 0 Å². The average Bonchev–Trinajstić information content (AvgIpc) is 2.65. The maximum atomic E-state index is 10.3. The second-order valence-electron chi connectivity index (χ2n) is 7.49. The molecule has 2 aliphatic heterocycles. The van der Waals surface area contributed by atoms with Crippen LogP contribution in [-0.2, 0) is 0 Å². The van der Waals surface area contributed by atoms with Gasteiger partial charge in [-0.25, -0.2) is 4.99 Å². The third-order valence-corrected chi connectivity index (χ3v) is 5.43. The zero-order valence-electron chi connectivity index (χ0n) is 16.9. The fraction of sp³-hybridized carbons (Fsp3) is 0.478. The first kappa shape index (κ1) is 19.6. The van der Waals surface area contributed by atoms with E-state index in [1.807, 2.05) is 11.8 Å². The summed E-state index contributed by atoms with van der Waals surface area (Å²) >= 11 is 0. The second-order valence-corrected chi connectivity index (χ2v) is 7.49. The van der Waals surface area contributed by atoms with Gasteiger partial charge in [-0.15, -0.1) is 0 Å². The molecule has 3 aliphatic rings. The standard InChI is InChI=1S/C23H31N3O/c1-5-21-12-11-19(20-13-17(4)23(27)26(6-2)15-20)14-24-22(25-21)18-9-7-16(3)8-10-18/h7-9,11-13,15,18-19,23,27H,5-6,10,14H2,1-4H3/b12-11?,24-22-,25-21-. The molecule has 0 amide bonds. The van der Waals surface area contributed by atoms with Crippen LogP contribution in [0, 0.1) is 11.8 Å². The van der Waals surface area contributed by atoms with E-state index in [1.54, 1.807) is 0 Å². The normalized spacial score (nSPS) is 32.4. The average molecular weight is 366 g/mol. The fourth-order valence-electron chi connectivity index (χ4n) is 3.60. The van der Waals surface area contributed by atoms with E-state index in [0.717, 1.165) is 36.5 Å². The van der Waals surface area contributed by atoms with Gasteiger partial charge >= 0.3 is 0 Å². The molecule has 0 spiro atoms. The van der Waals surface area contributed by atoms with Crippen LogP contribution in [0.5, 0.6) is 0 Å². The number of allylic oxidation sites excluding steroid dienone is 5. The first-order valence-corrected chi connectivity index (χ1v) is 10.0. The quantitative estimate of drug-likeness (QED) is 0.801. The topological polar surface area (TPSA) is 48.2 Å². The highest BCUT2D eigenvalue weighted by Gasteiger charge is 2.23. The van der Waals surface area contributed by atoms with E-state index in [0.29, 0.717) is 6.54 Å². The predicted octanol–water partition coefficient (Wildman–Crippen LogP) is 4.43. The monoisotopic (exact) mass is 365 g/mol. The Kier molecular flexibility index (Phi) is 6.27. The van der Waals surface area contributed by atoms with Crippen LogP contribution in [0.1, 0.15) is 40.5 Å². The lowest BCUT2D eigenvalue weighted by atomic mass is 9.92. The fourth-order valence-corrected chi connectivity index (χ4v) is 3.60. The Morgan fingerprint density at radius 1 is 1.15 bits per heavy atom. The molecule has 2 heterocycles. The van der Waals surface area contributed by atoms with Gasteiger partial charge in [0.2, 0.25) is 0 Å². The summed E-state index contributed by atoms with van der Waals surface area (Å²) in [6.45, 7) is 9.78. The van der Waals surface area contributed by atoms with Gasteiger partial charge in [0.25, 0.3) is 0 Å². The molecule has 0 aromatic carbocycles. The highest BCUT2D eigenvalue weighted by atomic mass is 16.3. The lowest BCUT2D eigenvalue weighted by Gasteiger charge is -2.32. The molecule has 0 saturated heterocycles. The number of hydrogen-bond acceptors (Lipinski definition) is 4. The Morgan fingerprint density at radius 3 is 2.59 bits per heavy atom. The van der Waals surface area contributed by atoms with Gasteiger partial charge in [0.1, 0.15) is 12.1 Å². The van der Waals surface area contributed by atoms with Crippen LogP contribution in [-0.4, -0.2) is 40.9 Å². The zero-order chi connectivity index (χ0) is 19.4. The summed E-state index contributed by atoms with van der Waals surface area (Å²) in [5.74, 6) is 1.39. The van der Waals surface area contributed by atoms with E-state index in [1.165, 1.54) is 11.1 Å². The molecule has 0 saturated carbocycles. The molecule has 3 rings (SSSR count). The highest BCUT2D eigenvalue weighted by Crippen LogP contribution is 2.27. The highest BCUT2D eigenvalue weighted by molar-refractivity contribution is 6.05. The predicted molar refractivity (Wildman–Crippen MR) is 114 cm³/mol. The van der Waals surface area contributed by atoms with Crippen molar-refractivity contribution in [2.45, 2.75) is 46.8 Å². The van der Waals surface area contributed by atoms with Gasteiger partial charge in [-0.2, -0.15) is 0 Å². The van der Waals surface area contributed by atoms with E-state index in [2.05, 4.69) is 63.4 Å². The van der Waals surface area contributed by atoms with Crippen molar-refractivity contribution in [2.75, 3.05) is 13.1 Å². The van der Waals surface area contributed by atoms with Crippen LogP contribution in [0.2, 0.25) is 0 Å².